The minimum Gasteiger partial charge on any atom is -0.460 e. The van der Waals surface area contributed by atoms with E-state index in [1.807, 2.05) is 20.8 Å². The van der Waals surface area contributed by atoms with Gasteiger partial charge in [0.2, 0.25) is 0 Å². The van der Waals surface area contributed by atoms with E-state index in [0.717, 1.165) is 42.3 Å². The Balaban J connectivity index is 0.00000165. The van der Waals surface area contributed by atoms with Crippen molar-refractivity contribution in [1.82, 2.24) is 5.32 Å². The Hall–Kier alpha value is -2.15. The summed E-state index contributed by atoms with van der Waals surface area (Å²) in [6.45, 7) is 21.4. The highest BCUT2D eigenvalue weighted by Gasteiger charge is 2.22. The van der Waals surface area contributed by atoms with E-state index < -0.39 is 0 Å². The number of carbonyl (C=O) groups excluding carboxylic acids is 2. The number of halogens is 1. The van der Waals surface area contributed by atoms with Crippen LogP contribution < -0.4 is 5.32 Å². The summed E-state index contributed by atoms with van der Waals surface area (Å²) < 4.78 is 5.86. The molecule has 1 aromatic carbocycles. The second kappa shape index (κ2) is 19.1. The molecule has 1 amide bonds. The number of benzene rings is 1. The molecule has 228 valence electrons. The van der Waals surface area contributed by atoms with Crippen LogP contribution in [0.15, 0.2) is 39.7 Å². The number of carbonyl (C=O) groups is 2. The largest absolute Gasteiger partial charge is 0.460 e. The lowest BCUT2D eigenvalue weighted by Gasteiger charge is -2.23. The molecule has 1 atom stereocenters. The van der Waals surface area contributed by atoms with Gasteiger partial charge in [-0.1, -0.05) is 101 Å². The van der Waals surface area contributed by atoms with Gasteiger partial charge >= 0.3 is 5.97 Å². The van der Waals surface area contributed by atoms with Crippen molar-refractivity contribution in [2.24, 2.45) is 10.6 Å². The smallest absolute Gasteiger partial charge is 0.303 e. The number of ether oxygens (including phenoxy) is 1. The van der Waals surface area contributed by atoms with E-state index in [2.05, 4.69) is 92.2 Å². The minimum atomic E-state index is -0.328. The van der Waals surface area contributed by atoms with Gasteiger partial charge in [-0.2, -0.15) is 0 Å². The minimum absolute atomic E-state index is 0.0368. The van der Waals surface area contributed by atoms with Gasteiger partial charge < -0.3 is 14.9 Å². The number of nitrogens with zero attached hydrogens (tertiary/aromatic N) is 1. The average molecular weight is 624 g/mol. The molecule has 7 heteroatoms. The third kappa shape index (κ3) is 16.8. The number of aryl methyl sites for hydroxylation is 1. The van der Waals surface area contributed by atoms with Crippen LogP contribution >= 0.6 is 15.9 Å². The van der Waals surface area contributed by atoms with E-state index in [-0.39, 0.29) is 28.9 Å². The molecule has 0 spiro atoms. The molecule has 0 aromatic heterocycles. The first-order valence-corrected chi connectivity index (χ1v) is 15.6. The molecular formula is C33H55BrN2O4. The molecule has 0 aliphatic carbocycles. The van der Waals surface area contributed by atoms with Crippen molar-refractivity contribution in [1.29, 1.82) is 0 Å². The third-order valence-electron chi connectivity index (χ3n) is 5.93. The summed E-state index contributed by atoms with van der Waals surface area (Å²) in [6, 6.07) is 6.30. The molecule has 1 unspecified atom stereocenters. The zero-order valence-corrected chi connectivity index (χ0v) is 28.6. The van der Waals surface area contributed by atoms with Crippen molar-refractivity contribution in [2.45, 2.75) is 139 Å². The van der Waals surface area contributed by atoms with Gasteiger partial charge in [0.05, 0.1) is 6.04 Å². The van der Waals surface area contributed by atoms with Gasteiger partial charge in [0.25, 0.3) is 5.91 Å². The number of hydrogen-bond donors (Lipinski definition) is 1. The fourth-order valence-corrected chi connectivity index (χ4v) is 4.32. The predicted octanol–water partition coefficient (Wildman–Crippen LogP) is 9.61. The van der Waals surface area contributed by atoms with Crippen molar-refractivity contribution < 1.29 is 19.2 Å². The van der Waals surface area contributed by atoms with Crippen LogP contribution in [0.2, 0.25) is 0 Å². The van der Waals surface area contributed by atoms with Crippen molar-refractivity contribution >= 4 is 33.5 Å². The van der Waals surface area contributed by atoms with Crippen molar-refractivity contribution in [3.8, 4) is 0 Å². The molecule has 0 saturated carbocycles. The van der Waals surface area contributed by atoms with E-state index >= 15 is 0 Å². The Morgan fingerprint density at radius 3 is 2.12 bits per heavy atom. The Morgan fingerprint density at radius 1 is 1.00 bits per heavy atom. The van der Waals surface area contributed by atoms with Crippen LogP contribution in [0.4, 0.5) is 0 Å². The van der Waals surface area contributed by atoms with Crippen LogP contribution in [0.5, 0.6) is 0 Å². The lowest BCUT2D eigenvalue weighted by molar-refractivity contribution is -0.151. The lowest BCUT2D eigenvalue weighted by atomic mass is 9.93. The number of allylic oxidation sites excluding steroid dienone is 2. The summed E-state index contributed by atoms with van der Waals surface area (Å²) in [5, 5.41) is 7.41. The molecule has 0 saturated heterocycles. The van der Waals surface area contributed by atoms with Crippen LogP contribution in [0.1, 0.15) is 138 Å². The number of hydrogen-bond acceptors (Lipinski definition) is 5. The number of rotatable bonds is 13. The van der Waals surface area contributed by atoms with Crippen molar-refractivity contribution in [3.05, 3.63) is 45.6 Å². The van der Waals surface area contributed by atoms with Gasteiger partial charge in [-0.3, -0.25) is 9.59 Å². The molecule has 40 heavy (non-hydrogen) atoms. The van der Waals surface area contributed by atoms with Gasteiger partial charge in [0.1, 0.15) is 17.1 Å². The maximum absolute atomic E-state index is 13.0. The van der Waals surface area contributed by atoms with Crippen LogP contribution in [-0.4, -0.2) is 23.2 Å². The monoisotopic (exact) mass is 622 g/mol. The number of oxime groups is 1. The quantitative estimate of drug-likeness (QED) is 0.0781. The molecule has 6 nitrogen and oxygen atoms in total. The number of nitrogens with one attached hydrogen (secondary N) is 1. The SMILES string of the molecule is CC(=O)OC(C)(C)C.CCC/C=C(/O/N=C(\C)C(=O)NC(CCCCCC)c1ccc(Br)cc1CC)C(C)(C)C. The van der Waals surface area contributed by atoms with Crippen molar-refractivity contribution in [2.75, 3.05) is 0 Å². The van der Waals surface area contributed by atoms with E-state index in [1.54, 1.807) is 6.92 Å². The molecule has 0 bridgehead atoms. The van der Waals surface area contributed by atoms with Gasteiger partial charge in [-0.15, -0.1) is 0 Å². The maximum Gasteiger partial charge on any atom is 0.303 e. The zero-order valence-electron chi connectivity index (χ0n) is 27.0. The molecule has 0 radical (unpaired) electrons. The average Bonchev–Trinajstić information content (AvgIpc) is 2.83. The van der Waals surface area contributed by atoms with Crippen LogP contribution in [-0.2, 0) is 25.6 Å². The highest BCUT2D eigenvalue weighted by Crippen LogP contribution is 2.28. The molecule has 0 fully saturated rings. The molecular weight excluding hydrogens is 568 g/mol. The summed E-state index contributed by atoms with van der Waals surface area (Å²) in [5.74, 6) is 0.389. The summed E-state index contributed by atoms with van der Waals surface area (Å²) >= 11 is 3.57. The zero-order chi connectivity index (χ0) is 30.9. The Labute approximate surface area is 252 Å². The Bertz CT molecular complexity index is 972. The number of esters is 1. The topological polar surface area (TPSA) is 77.0 Å². The van der Waals surface area contributed by atoms with Gasteiger partial charge in [0, 0.05) is 16.8 Å². The van der Waals surface area contributed by atoms with Crippen LogP contribution in [0, 0.1) is 5.41 Å². The number of amides is 1. The second-order valence-electron chi connectivity index (χ2n) is 12.2. The fourth-order valence-electron chi connectivity index (χ4n) is 3.91. The highest BCUT2D eigenvalue weighted by molar-refractivity contribution is 9.10. The highest BCUT2D eigenvalue weighted by atomic mass is 79.9. The molecule has 1 N–H and O–H groups in total. The first-order valence-electron chi connectivity index (χ1n) is 14.8. The second-order valence-corrected chi connectivity index (χ2v) is 13.1. The standard InChI is InChI=1S/C27H43BrN2O2.C6H12O2/c1-8-11-13-14-15-24(23-18-17-22(28)19-21(23)10-3)29-26(31)20(4)30-32-25(16-12-9-2)27(5,6)7;1-5(7)8-6(2,3)4/h16-19,24H,8-15H2,1-7H3,(H,29,31);1-4H3/b25-16+,30-20+;. The lowest BCUT2D eigenvalue weighted by Crippen LogP contribution is -2.34. The maximum atomic E-state index is 13.0. The third-order valence-corrected chi connectivity index (χ3v) is 6.42. The first kappa shape index (κ1) is 37.9. The number of unbranched alkanes of at least 4 members (excludes halogenated alkanes) is 4. The normalized spacial score (nSPS) is 13.2. The summed E-state index contributed by atoms with van der Waals surface area (Å²) in [4.78, 5) is 29.0. The van der Waals surface area contributed by atoms with E-state index in [9.17, 15) is 9.59 Å². The van der Waals surface area contributed by atoms with E-state index in [4.69, 9.17) is 9.57 Å². The van der Waals surface area contributed by atoms with E-state index in [0.29, 0.717) is 5.71 Å². The fraction of sp³-hybridized carbons (Fsp3) is 0.667. The molecule has 1 aromatic rings. The van der Waals surface area contributed by atoms with E-state index in [1.165, 1.54) is 37.3 Å². The van der Waals surface area contributed by atoms with Crippen molar-refractivity contribution in [3.63, 3.8) is 0 Å². The molecule has 0 heterocycles. The molecule has 0 aliphatic rings. The predicted molar refractivity (Wildman–Crippen MR) is 171 cm³/mol. The molecule has 1 rings (SSSR count). The summed E-state index contributed by atoms with van der Waals surface area (Å²) in [5.41, 5.74) is 2.29. The Kier molecular flexibility index (Phi) is 18.0. The van der Waals surface area contributed by atoms with Crippen LogP contribution in [0.25, 0.3) is 0 Å². The molecule has 0 aliphatic heterocycles. The summed E-state index contributed by atoms with van der Waals surface area (Å²) in [7, 11) is 0. The van der Waals surface area contributed by atoms with Gasteiger partial charge in [-0.05, 0) is 76.3 Å². The Morgan fingerprint density at radius 2 is 1.65 bits per heavy atom. The first-order chi connectivity index (χ1) is 18.5. The van der Waals surface area contributed by atoms with Gasteiger partial charge in [-0.25, -0.2) is 0 Å². The van der Waals surface area contributed by atoms with Crippen LogP contribution in [0.3, 0.4) is 0 Å². The summed E-state index contributed by atoms with van der Waals surface area (Å²) in [6.07, 6.45) is 10.5. The van der Waals surface area contributed by atoms with Gasteiger partial charge in [0.15, 0.2) is 0 Å².